The van der Waals surface area contributed by atoms with Crippen molar-refractivity contribution in [3.05, 3.63) is 35.4 Å². The summed E-state index contributed by atoms with van der Waals surface area (Å²) >= 11 is 0. The monoisotopic (exact) mass is 331 g/mol. The molecule has 0 fully saturated rings. The van der Waals surface area contributed by atoms with E-state index in [-0.39, 0.29) is 11.9 Å². The Labute approximate surface area is 140 Å². The third-order valence-electron chi connectivity index (χ3n) is 3.01. The summed E-state index contributed by atoms with van der Waals surface area (Å²) in [6.45, 7) is 2.81. The van der Waals surface area contributed by atoms with Crippen LogP contribution in [0.25, 0.3) is 6.08 Å². The number of carbonyl (C=O) groups is 2. The van der Waals surface area contributed by atoms with Crippen molar-refractivity contribution in [1.82, 2.24) is 5.01 Å². The highest BCUT2D eigenvalue weighted by Crippen LogP contribution is 2.19. The van der Waals surface area contributed by atoms with Crippen LogP contribution >= 0.6 is 0 Å². The number of amides is 1. The molecule has 24 heavy (non-hydrogen) atoms. The predicted molar refractivity (Wildman–Crippen MR) is 93.9 cm³/mol. The topological polar surface area (TPSA) is 123 Å². The summed E-state index contributed by atoms with van der Waals surface area (Å²) in [5, 5.41) is 19.6. The molecule has 0 aromatic heterocycles. The summed E-state index contributed by atoms with van der Waals surface area (Å²) in [6.07, 6.45) is 1.75. The first-order valence-electron chi connectivity index (χ1n) is 7.06. The molecule has 1 aromatic carbocycles. The molecular weight excluding hydrogens is 310 g/mol. The van der Waals surface area contributed by atoms with Gasteiger partial charge in [0.1, 0.15) is 0 Å². The zero-order valence-electron chi connectivity index (χ0n) is 14.1. The second-order valence-electron chi connectivity index (χ2n) is 5.25. The summed E-state index contributed by atoms with van der Waals surface area (Å²) in [7, 11) is 3.94. The Bertz CT molecular complexity index is 701. The minimum absolute atomic E-state index is 0.369. The van der Waals surface area contributed by atoms with Crippen LogP contribution in [0.15, 0.2) is 34.9 Å². The van der Waals surface area contributed by atoms with Crippen molar-refractivity contribution in [3.8, 4) is 0 Å². The number of nitrogens with two attached hydrogens (primary N) is 1. The van der Waals surface area contributed by atoms with Crippen LogP contribution in [-0.2, 0) is 9.59 Å². The van der Waals surface area contributed by atoms with Gasteiger partial charge in [-0.3, -0.25) is 15.0 Å². The molecule has 1 aromatic rings. The number of carbonyl (C=O) groups excluding carboxylic acids is 1. The van der Waals surface area contributed by atoms with Crippen LogP contribution < -0.4 is 10.6 Å². The second-order valence-corrected chi connectivity index (χ2v) is 5.25. The zero-order valence-corrected chi connectivity index (χ0v) is 14.1. The molecule has 0 saturated heterocycles. The number of rotatable bonds is 2. The Kier molecular flexibility index (Phi) is 6.22. The van der Waals surface area contributed by atoms with Gasteiger partial charge in [-0.25, -0.2) is 0 Å². The number of aliphatic carboxylic acids is 1. The number of hydrogen-bond acceptors (Lipinski definition) is 5. The first-order valence-corrected chi connectivity index (χ1v) is 7.06. The molecule has 4 N–H and O–H groups in total. The average Bonchev–Trinajstić information content (AvgIpc) is 2.75. The molecule has 0 aliphatic carbocycles. The largest absolute Gasteiger partial charge is 0.481 e. The minimum atomic E-state index is -0.833. The Morgan fingerprint density at radius 1 is 1.33 bits per heavy atom. The van der Waals surface area contributed by atoms with Gasteiger partial charge in [0.2, 0.25) is 5.96 Å². The fraction of sp³-hybridized carbons (Fsp3) is 0.250. The lowest BCUT2D eigenvalue weighted by molar-refractivity contribution is -0.134. The molecule has 2 rings (SSSR count). The number of carboxylic acids is 1. The highest BCUT2D eigenvalue weighted by atomic mass is 16.4. The number of hydrazone groups is 1. The van der Waals surface area contributed by atoms with Crippen LogP contribution in [0.5, 0.6) is 0 Å². The van der Waals surface area contributed by atoms with E-state index in [1.807, 2.05) is 43.3 Å². The van der Waals surface area contributed by atoms with Gasteiger partial charge in [-0.15, -0.1) is 0 Å². The third-order valence-corrected chi connectivity index (χ3v) is 3.01. The SMILES string of the molecule is CC(=O)O.CC1=NN(C(=N)N)C(=O)/C1=C/c1ccc(N(C)C)cc1. The number of benzene rings is 1. The number of carboxylic acid groups (broad SMARTS) is 1. The van der Waals surface area contributed by atoms with Crippen molar-refractivity contribution in [1.29, 1.82) is 5.41 Å². The van der Waals surface area contributed by atoms with E-state index in [1.54, 1.807) is 13.0 Å². The molecule has 0 atom stereocenters. The van der Waals surface area contributed by atoms with E-state index in [0.717, 1.165) is 23.2 Å². The summed E-state index contributed by atoms with van der Waals surface area (Å²) in [4.78, 5) is 23.1. The second kappa shape index (κ2) is 7.91. The van der Waals surface area contributed by atoms with Gasteiger partial charge in [0.05, 0.1) is 11.3 Å². The first kappa shape index (κ1) is 18.9. The number of nitrogens with zero attached hydrogens (tertiary/aromatic N) is 3. The van der Waals surface area contributed by atoms with Gasteiger partial charge >= 0.3 is 0 Å². The minimum Gasteiger partial charge on any atom is -0.481 e. The Morgan fingerprint density at radius 3 is 2.21 bits per heavy atom. The lowest BCUT2D eigenvalue weighted by Crippen LogP contribution is -2.34. The van der Waals surface area contributed by atoms with Crippen molar-refractivity contribution in [2.45, 2.75) is 13.8 Å². The van der Waals surface area contributed by atoms with E-state index in [2.05, 4.69) is 5.10 Å². The van der Waals surface area contributed by atoms with Crippen molar-refractivity contribution >= 4 is 35.3 Å². The molecule has 0 unspecified atom stereocenters. The molecule has 8 heteroatoms. The number of hydrogen-bond donors (Lipinski definition) is 3. The van der Waals surface area contributed by atoms with E-state index in [0.29, 0.717) is 11.3 Å². The van der Waals surface area contributed by atoms with E-state index >= 15 is 0 Å². The number of nitrogens with one attached hydrogen (secondary N) is 1. The zero-order chi connectivity index (χ0) is 18.4. The van der Waals surface area contributed by atoms with E-state index in [9.17, 15) is 4.79 Å². The van der Waals surface area contributed by atoms with Crippen LogP contribution in [0.1, 0.15) is 19.4 Å². The lowest BCUT2D eigenvalue weighted by atomic mass is 10.1. The van der Waals surface area contributed by atoms with Crippen LogP contribution in [0.2, 0.25) is 0 Å². The van der Waals surface area contributed by atoms with Crippen molar-refractivity contribution in [2.75, 3.05) is 19.0 Å². The molecular formula is C16H21N5O3. The highest BCUT2D eigenvalue weighted by Gasteiger charge is 2.29. The Morgan fingerprint density at radius 2 is 1.83 bits per heavy atom. The standard InChI is InChI=1S/C14H17N5O.C2H4O2/c1-9-12(13(20)19(17-9)14(15)16)8-10-4-6-11(7-5-10)18(2)3;1-2(3)4/h4-8H,1-3H3,(H3,15,16);1H3,(H,3,4)/b12-8+;. The van der Waals surface area contributed by atoms with Gasteiger partial charge in [0.25, 0.3) is 11.9 Å². The van der Waals surface area contributed by atoms with Crippen molar-refractivity contribution < 1.29 is 14.7 Å². The van der Waals surface area contributed by atoms with Crippen molar-refractivity contribution in [2.24, 2.45) is 10.8 Å². The molecule has 0 radical (unpaired) electrons. The van der Waals surface area contributed by atoms with Gasteiger partial charge < -0.3 is 15.7 Å². The van der Waals surface area contributed by atoms with Crippen LogP contribution in [0.4, 0.5) is 5.69 Å². The molecule has 1 aliphatic rings. The fourth-order valence-electron chi connectivity index (χ4n) is 1.88. The lowest BCUT2D eigenvalue weighted by Gasteiger charge is -2.12. The maximum atomic E-state index is 12.1. The maximum absolute atomic E-state index is 12.1. The summed E-state index contributed by atoms with van der Waals surface area (Å²) in [6, 6.07) is 7.81. The Hall–Kier alpha value is -3.16. The molecule has 1 amide bonds. The van der Waals surface area contributed by atoms with Gasteiger partial charge in [-0.1, -0.05) is 12.1 Å². The van der Waals surface area contributed by atoms with Crippen LogP contribution in [0, 0.1) is 5.41 Å². The fourth-order valence-corrected chi connectivity index (χ4v) is 1.88. The smallest absolute Gasteiger partial charge is 0.300 e. The predicted octanol–water partition coefficient (Wildman–Crippen LogP) is 1.34. The number of anilines is 1. The van der Waals surface area contributed by atoms with Gasteiger partial charge in [-0.2, -0.15) is 10.1 Å². The number of guanidine groups is 1. The van der Waals surface area contributed by atoms with Gasteiger partial charge in [0, 0.05) is 26.7 Å². The van der Waals surface area contributed by atoms with E-state index in [4.69, 9.17) is 21.0 Å². The molecule has 1 heterocycles. The quantitative estimate of drug-likeness (QED) is 0.429. The van der Waals surface area contributed by atoms with Gasteiger partial charge in [-0.05, 0) is 30.7 Å². The molecule has 1 aliphatic heterocycles. The molecule has 0 spiro atoms. The van der Waals surface area contributed by atoms with E-state index < -0.39 is 5.97 Å². The average molecular weight is 331 g/mol. The highest BCUT2D eigenvalue weighted by molar-refractivity contribution is 6.29. The summed E-state index contributed by atoms with van der Waals surface area (Å²) in [5.41, 5.74) is 8.31. The van der Waals surface area contributed by atoms with E-state index in [1.165, 1.54) is 0 Å². The van der Waals surface area contributed by atoms with Crippen LogP contribution in [0.3, 0.4) is 0 Å². The molecule has 128 valence electrons. The Balaban J connectivity index is 0.000000648. The normalized spacial score (nSPS) is 14.8. The summed E-state index contributed by atoms with van der Waals surface area (Å²) < 4.78 is 0. The van der Waals surface area contributed by atoms with Crippen LogP contribution in [-0.4, -0.2) is 47.8 Å². The third kappa shape index (κ3) is 4.94. The van der Waals surface area contributed by atoms with Gasteiger partial charge in [0.15, 0.2) is 0 Å². The first-order chi connectivity index (χ1) is 11.1. The molecule has 0 saturated carbocycles. The molecule has 8 nitrogen and oxygen atoms in total. The summed E-state index contributed by atoms with van der Waals surface area (Å²) in [5.74, 6) is -1.58. The molecule has 0 bridgehead atoms. The van der Waals surface area contributed by atoms with Crippen molar-refractivity contribution in [3.63, 3.8) is 0 Å². The maximum Gasteiger partial charge on any atom is 0.300 e.